The van der Waals surface area contributed by atoms with Gasteiger partial charge in [-0.1, -0.05) is 0 Å². The Kier molecular flexibility index (Phi) is 7.48. The highest BCUT2D eigenvalue weighted by Crippen LogP contribution is 2.49. The van der Waals surface area contributed by atoms with Crippen molar-refractivity contribution in [1.82, 2.24) is 29.1 Å². The van der Waals surface area contributed by atoms with Gasteiger partial charge in [0.25, 0.3) is 11.1 Å². The van der Waals surface area contributed by atoms with E-state index in [1.165, 1.54) is 0 Å². The summed E-state index contributed by atoms with van der Waals surface area (Å²) in [4.78, 5) is 57.7. The number of nitrogens with zero attached hydrogens (tertiary/aromatic N) is 4. The summed E-state index contributed by atoms with van der Waals surface area (Å²) < 4.78 is 35.6. The molecule has 5 heterocycles. The van der Waals surface area contributed by atoms with Crippen molar-refractivity contribution in [2.75, 3.05) is 18.9 Å². The van der Waals surface area contributed by atoms with Crippen LogP contribution in [0.5, 0.6) is 0 Å². The van der Waals surface area contributed by atoms with Crippen molar-refractivity contribution in [3.63, 3.8) is 0 Å². The molecule has 0 amide bonds. The molecule has 3 aromatic rings. The second-order valence-corrected chi connectivity index (χ2v) is 10.3. The second-order valence-electron chi connectivity index (χ2n) is 8.91. The highest BCUT2D eigenvalue weighted by atomic mass is 31.2. The summed E-state index contributed by atoms with van der Waals surface area (Å²) >= 11 is 0. The molecule has 218 valence electrons. The van der Waals surface area contributed by atoms with E-state index in [9.17, 15) is 44.3 Å². The Balaban J connectivity index is 1.28. The first kappa shape index (κ1) is 28.2. The van der Waals surface area contributed by atoms with Gasteiger partial charge in [0.1, 0.15) is 36.6 Å². The number of aromatic amines is 2. The fourth-order valence-corrected chi connectivity index (χ4v) is 5.40. The molecule has 2 fully saturated rings. The molecule has 5 rings (SSSR count). The van der Waals surface area contributed by atoms with Crippen molar-refractivity contribution in [2.45, 2.75) is 49.1 Å². The summed E-state index contributed by atoms with van der Waals surface area (Å²) in [6.07, 6.45) is -10.2. The number of H-pyrrole nitrogens is 2. The van der Waals surface area contributed by atoms with Gasteiger partial charge in [0.2, 0.25) is 5.95 Å². The lowest BCUT2D eigenvalue weighted by Crippen LogP contribution is -2.37. The summed E-state index contributed by atoms with van der Waals surface area (Å²) in [6.45, 7) is -1.59. The number of nitrogens with one attached hydrogen (secondary N) is 2. The molecular formula is C19H24N7O13P. The number of hydrogen-bond donors (Lipinski definition) is 8. The number of hydrogen-bond acceptors (Lipinski definition) is 15. The first-order valence-corrected chi connectivity index (χ1v) is 13.0. The van der Waals surface area contributed by atoms with E-state index in [2.05, 4.69) is 15.0 Å². The van der Waals surface area contributed by atoms with Crippen LogP contribution in [0.2, 0.25) is 0 Å². The van der Waals surface area contributed by atoms with Crippen LogP contribution in [0.4, 0.5) is 5.95 Å². The molecule has 0 saturated carbocycles. The van der Waals surface area contributed by atoms with Gasteiger partial charge in [-0.2, -0.15) is 4.98 Å². The number of rotatable bonds is 8. The number of aromatic nitrogens is 6. The van der Waals surface area contributed by atoms with Crippen LogP contribution in [0.1, 0.15) is 12.5 Å². The quantitative estimate of drug-likeness (QED) is 0.115. The molecule has 40 heavy (non-hydrogen) atoms. The van der Waals surface area contributed by atoms with E-state index in [1.807, 2.05) is 4.98 Å². The normalized spacial score (nSPS) is 32.0. The zero-order valence-electron chi connectivity index (χ0n) is 20.1. The summed E-state index contributed by atoms with van der Waals surface area (Å²) in [5.41, 5.74) is 3.06. The zero-order chi connectivity index (χ0) is 28.9. The lowest BCUT2D eigenvalue weighted by atomic mass is 10.1. The predicted molar refractivity (Wildman–Crippen MR) is 127 cm³/mol. The van der Waals surface area contributed by atoms with Crippen molar-refractivity contribution < 1.29 is 48.4 Å². The minimum absolute atomic E-state index is 0.0758. The highest BCUT2D eigenvalue weighted by molar-refractivity contribution is 7.47. The first-order chi connectivity index (χ1) is 18.9. The highest BCUT2D eigenvalue weighted by Gasteiger charge is 2.50. The van der Waals surface area contributed by atoms with Crippen LogP contribution < -0.4 is 22.5 Å². The van der Waals surface area contributed by atoms with Gasteiger partial charge in [-0.25, -0.2) is 14.3 Å². The van der Waals surface area contributed by atoms with Crippen LogP contribution in [0.25, 0.3) is 11.2 Å². The number of nitrogen functional groups attached to an aromatic ring is 1. The maximum Gasteiger partial charge on any atom is 0.472 e. The summed E-state index contributed by atoms with van der Waals surface area (Å²) in [5, 5.41) is 41.2. The Labute approximate surface area is 220 Å². The average molecular weight is 589 g/mol. The Morgan fingerprint density at radius 3 is 2.45 bits per heavy atom. The van der Waals surface area contributed by atoms with Gasteiger partial charge in [0.15, 0.2) is 23.6 Å². The zero-order valence-corrected chi connectivity index (χ0v) is 21.0. The summed E-state index contributed by atoms with van der Waals surface area (Å²) in [5.74, 6) is -0.249. The topological polar surface area (TPSA) is 300 Å². The Morgan fingerprint density at radius 1 is 1.05 bits per heavy atom. The monoisotopic (exact) mass is 589 g/mol. The smallest absolute Gasteiger partial charge is 0.394 e. The second kappa shape index (κ2) is 10.6. The molecule has 2 aliphatic rings. The van der Waals surface area contributed by atoms with Crippen molar-refractivity contribution in [1.29, 1.82) is 0 Å². The van der Waals surface area contributed by atoms with Gasteiger partial charge >= 0.3 is 13.5 Å². The van der Waals surface area contributed by atoms with Crippen LogP contribution in [-0.4, -0.2) is 104 Å². The molecule has 20 nitrogen and oxygen atoms in total. The van der Waals surface area contributed by atoms with E-state index >= 15 is 0 Å². The number of nitrogens with two attached hydrogens (primary N) is 1. The van der Waals surface area contributed by atoms with Gasteiger partial charge in [0, 0.05) is 12.3 Å². The fraction of sp³-hybridized carbons (Fsp3) is 0.526. The maximum absolute atomic E-state index is 12.7. The van der Waals surface area contributed by atoms with E-state index in [-0.39, 0.29) is 17.1 Å². The fourth-order valence-electron chi connectivity index (χ4n) is 4.43. The van der Waals surface area contributed by atoms with Crippen molar-refractivity contribution in [2.24, 2.45) is 0 Å². The molecule has 21 heteroatoms. The average Bonchev–Trinajstić information content (AvgIpc) is 3.53. The van der Waals surface area contributed by atoms with Crippen LogP contribution in [0, 0.1) is 0 Å². The third kappa shape index (κ3) is 5.12. The standard InChI is InChI=1S/C19H24N7O13P/c20-18-23-14-9(15(32)24-18)21-5-26(14)17-12(31)13(6(3-27)37-17)39-40(34,35)36-4-7-10(29)11(30)16(38-7)25-2-1-8(28)22-19(25)33/h1-2,5-7,10-13,16-17,27,29-31H,3-4H2,(H,34,35)(H,22,28,33)(H3,20,23,24,32). The number of aliphatic hydroxyl groups excluding tert-OH is 4. The lowest BCUT2D eigenvalue weighted by Gasteiger charge is -2.23. The van der Waals surface area contributed by atoms with Crippen molar-refractivity contribution >= 4 is 24.9 Å². The van der Waals surface area contributed by atoms with Gasteiger partial charge in [-0.05, 0) is 0 Å². The summed E-state index contributed by atoms with van der Waals surface area (Å²) in [7, 11) is -5.06. The van der Waals surface area contributed by atoms with E-state index in [0.717, 1.165) is 27.7 Å². The van der Waals surface area contributed by atoms with E-state index < -0.39 is 86.9 Å². The number of aliphatic hydroxyl groups is 4. The molecule has 2 saturated heterocycles. The van der Waals surface area contributed by atoms with Crippen molar-refractivity contribution in [3.8, 4) is 0 Å². The molecule has 9 N–H and O–H groups in total. The molecule has 9 atom stereocenters. The predicted octanol–water partition coefficient (Wildman–Crippen LogP) is -4.38. The van der Waals surface area contributed by atoms with Gasteiger partial charge in [-0.3, -0.25) is 37.7 Å². The molecule has 0 spiro atoms. The third-order valence-corrected chi connectivity index (χ3v) is 7.32. The molecule has 0 aromatic carbocycles. The third-order valence-electron chi connectivity index (χ3n) is 6.33. The Morgan fingerprint density at radius 2 is 1.75 bits per heavy atom. The molecule has 0 aliphatic carbocycles. The maximum atomic E-state index is 12.7. The minimum atomic E-state index is -5.06. The lowest BCUT2D eigenvalue weighted by molar-refractivity contribution is -0.0610. The van der Waals surface area contributed by atoms with Crippen LogP contribution in [0.15, 0.2) is 33.0 Å². The Hall–Kier alpha value is -3.30. The molecule has 0 bridgehead atoms. The van der Waals surface area contributed by atoms with Gasteiger partial charge < -0.3 is 40.5 Å². The van der Waals surface area contributed by atoms with E-state index in [0.29, 0.717) is 0 Å². The minimum Gasteiger partial charge on any atom is -0.394 e. The molecule has 3 aromatic heterocycles. The number of imidazole rings is 1. The number of phosphoric acid groups is 1. The van der Waals surface area contributed by atoms with E-state index in [1.54, 1.807) is 0 Å². The summed E-state index contributed by atoms with van der Waals surface area (Å²) in [6, 6.07) is 0.985. The Bertz CT molecular complexity index is 1620. The van der Waals surface area contributed by atoms with Crippen LogP contribution in [-0.2, 0) is 23.1 Å². The number of fused-ring (bicyclic) bond motifs is 1. The van der Waals surface area contributed by atoms with E-state index in [4.69, 9.17) is 24.3 Å². The van der Waals surface area contributed by atoms with Gasteiger partial charge in [-0.15, -0.1) is 0 Å². The molecule has 9 unspecified atom stereocenters. The number of anilines is 1. The molecule has 0 radical (unpaired) electrons. The number of phosphoric ester groups is 1. The molecule has 2 aliphatic heterocycles. The van der Waals surface area contributed by atoms with Crippen LogP contribution in [0.3, 0.4) is 0 Å². The van der Waals surface area contributed by atoms with Gasteiger partial charge in [0.05, 0.1) is 19.5 Å². The first-order valence-electron chi connectivity index (χ1n) is 11.6. The molecular weight excluding hydrogens is 565 g/mol. The SMILES string of the molecule is Nc1nc2c(ncn2C2OC(CO)C(OP(=O)(O)OCC3OC(n4ccc(=O)[nH]c4=O)C(O)C3O)C2O)c(=O)[nH]1. The van der Waals surface area contributed by atoms with Crippen molar-refractivity contribution in [3.05, 3.63) is 49.8 Å². The largest absolute Gasteiger partial charge is 0.472 e. The number of ether oxygens (including phenoxy) is 2. The van der Waals surface area contributed by atoms with Crippen LogP contribution >= 0.6 is 7.82 Å².